The lowest BCUT2D eigenvalue weighted by Crippen LogP contribution is -2.42. The van der Waals surface area contributed by atoms with Crippen molar-refractivity contribution in [3.05, 3.63) is 0 Å². The van der Waals surface area contributed by atoms with Crippen LogP contribution in [0.2, 0.25) is 0 Å². The summed E-state index contributed by atoms with van der Waals surface area (Å²) in [5.74, 6) is 0. The highest BCUT2D eigenvalue weighted by molar-refractivity contribution is 4.73. The van der Waals surface area contributed by atoms with E-state index in [0.717, 1.165) is 0 Å². The molecule has 0 aromatic heterocycles. The van der Waals surface area contributed by atoms with Crippen LogP contribution in [0.4, 0.5) is 0 Å². The first kappa shape index (κ1) is 6.01. The van der Waals surface area contributed by atoms with Gasteiger partial charge in [0, 0.05) is 19.5 Å². The fourth-order valence-corrected chi connectivity index (χ4v) is 0.897. The van der Waals surface area contributed by atoms with Crippen molar-refractivity contribution in [2.24, 2.45) is 0 Å². The largest absolute Gasteiger partial charge is 0.392 e. The molecule has 0 aromatic rings. The zero-order valence-corrected chi connectivity index (χ0v) is 4.67. The predicted octanol–water partition coefficient (Wildman–Crippen LogP) is -1.30. The minimum atomic E-state index is -0.348. The summed E-state index contributed by atoms with van der Waals surface area (Å²) in [6, 6.07) is 0. The number of rotatable bonds is 0. The van der Waals surface area contributed by atoms with Gasteiger partial charge in [-0.05, 0) is 0 Å². The van der Waals surface area contributed by atoms with Crippen molar-refractivity contribution in [3.8, 4) is 0 Å². The maximum absolute atomic E-state index is 8.86. The number of aliphatic hydroxyl groups excluding tert-OH is 2. The average Bonchev–Trinajstić information content (AvgIpc) is 1.64. The van der Waals surface area contributed by atoms with E-state index in [9.17, 15) is 0 Å². The second kappa shape index (κ2) is 2.44. The molecule has 0 radical (unpaired) electrons. The van der Waals surface area contributed by atoms with E-state index in [1.807, 2.05) is 0 Å². The van der Waals surface area contributed by atoms with Crippen molar-refractivity contribution in [2.75, 3.05) is 13.1 Å². The first-order valence-corrected chi connectivity index (χ1v) is 2.86. The van der Waals surface area contributed by atoms with Gasteiger partial charge in [0.15, 0.2) is 0 Å². The van der Waals surface area contributed by atoms with Crippen molar-refractivity contribution in [3.63, 3.8) is 0 Å². The number of hydrogen-bond acceptors (Lipinski definition) is 3. The van der Waals surface area contributed by atoms with E-state index in [2.05, 4.69) is 5.32 Å². The molecule has 0 bridgehead atoms. The molecule has 0 aliphatic carbocycles. The normalized spacial score (nSPS) is 39.8. The van der Waals surface area contributed by atoms with Gasteiger partial charge in [-0.3, -0.25) is 0 Å². The fourth-order valence-electron chi connectivity index (χ4n) is 0.897. The molecule has 2 atom stereocenters. The summed E-state index contributed by atoms with van der Waals surface area (Å²) in [6.07, 6.45) is -0.176. The van der Waals surface area contributed by atoms with Crippen LogP contribution in [0.1, 0.15) is 6.42 Å². The Morgan fingerprint density at radius 3 is 1.88 bits per heavy atom. The van der Waals surface area contributed by atoms with Crippen molar-refractivity contribution in [1.29, 1.82) is 0 Å². The Morgan fingerprint density at radius 1 is 1.12 bits per heavy atom. The Kier molecular flexibility index (Phi) is 1.83. The minimum absolute atomic E-state index is 0.348. The van der Waals surface area contributed by atoms with E-state index in [1.54, 1.807) is 0 Å². The van der Waals surface area contributed by atoms with Gasteiger partial charge in [0.1, 0.15) is 0 Å². The second-order valence-corrected chi connectivity index (χ2v) is 2.20. The van der Waals surface area contributed by atoms with E-state index < -0.39 is 0 Å². The summed E-state index contributed by atoms with van der Waals surface area (Å²) in [6.45, 7) is 1.24. The van der Waals surface area contributed by atoms with Crippen molar-refractivity contribution < 1.29 is 10.2 Å². The molecular weight excluding hydrogens is 106 g/mol. The van der Waals surface area contributed by atoms with Gasteiger partial charge < -0.3 is 15.5 Å². The van der Waals surface area contributed by atoms with Crippen LogP contribution in [0.25, 0.3) is 0 Å². The van der Waals surface area contributed by atoms with Gasteiger partial charge in [0.25, 0.3) is 0 Å². The molecule has 1 rings (SSSR count). The molecule has 3 nitrogen and oxygen atoms in total. The van der Waals surface area contributed by atoms with Crippen molar-refractivity contribution >= 4 is 0 Å². The number of β-amino-alcohol motifs (C(OH)–C–C–N with tert-alkyl or cyclic N) is 2. The highest BCUT2D eigenvalue weighted by Crippen LogP contribution is 2.00. The van der Waals surface area contributed by atoms with Crippen molar-refractivity contribution in [2.45, 2.75) is 18.6 Å². The van der Waals surface area contributed by atoms with E-state index >= 15 is 0 Å². The molecule has 1 aliphatic rings. The van der Waals surface area contributed by atoms with E-state index in [4.69, 9.17) is 10.2 Å². The molecule has 0 aromatic carbocycles. The van der Waals surface area contributed by atoms with Crippen LogP contribution in [0, 0.1) is 0 Å². The van der Waals surface area contributed by atoms with Gasteiger partial charge in [0.05, 0.1) is 12.2 Å². The molecule has 0 amide bonds. The molecular formula is C5H11NO2. The highest BCUT2D eigenvalue weighted by Gasteiger charge is 2.16. The van der Waals surface area contributed by atoms with E-state index in [1.165, 1.54) is 0 Å². The van der Waals surface area contributed by atoms with Gasteiger partial charge in [-0.2, -0.15) is 0 Å². The Hall–Kier alpha value is -0.120. The smallest absolute Gasteiger partial charge is 0.0689 e. The molecule has 0 unspecified atom stereocenters. The maximum atomic E-state index is 8.86. The maximum Gasteiger partial charge on any atom is 0.0689 e. The summed E-state index contributed by atoms with van der Waals surface area (Å²) in [7, 11) is 0. The van der Waals surface area contributed by atoms with Gasteiger partial charge >= 0.3 is 0 Å². The van der Waals surface area contributed by atoms with Gasteiger partial charge in [-0.25, -0.2) is 0 Å². The molecule has 3 N–H and O–H groups in total. The summed E-state index contributed by atoms with van der Waals surface area (Å²) in [5.41, 5.74) is 0. The third kappa shape index (κ3) is 1.43. The molecule has 0 saturated carbocycles. The second-order valence-electron chi connectivity index (χ2n) is 2.20. The summed E-state index contributed by atoms with van der Waals surface area (Å²) >= 11 is 0. The van der Waals surface area contributed by atoms with Crippen molar-refractivity contribution in [1.82, 2.24) is 5.32 Å². The Balaban J connectivity index is 2.23. The van der Waals surface area contributed by atoms with E-state index in [-0.39, 0.29) is 12.2 Å². The SMILES string of the molecule is O[C@H]1CNC[C@H](O)C1. The van der Waals surface area contributed by atoms with Crippen LogP contribution in [0.5, 0.6) is 0 Å². The highest BCUT2D eigenvalue weighted by atomic mass is 16.3. The third-order valence-corrected chi connectivity index (χ3v) is 1.30. The number of piperidine rings is 1. The third-order valence-electron chi connectivity index (χ3n) is 1.30. The van der Waals surface area contributed by atoms with Crippen LogP contribution in [0.15, 0.2) is 0 Å². The quantitative estimate of drug-likeness (QED) is 0.369. The Labute approximate surface area is 48.3 Å². The number of aliphatic hydroxyl groups is 2. The summed E-state index contributed by atoms with van der Waals surface area (Å²) in [4.78, 5) is 0. The first-order valence-electron chi connectivity index (χ1n) is 2.86. The van der Waals surface area contributed by atoms with Gasteiger partial charge in [-0.1, -0.05) is 0 Å². The van der Waals surface area contributed by atoms with E-state index in [0.29, 0.717) is 19.5 Å². The first-order chi connectivity index (χ1) is 3.79. The molecule has 1 heterocycles. The molecule has 8 heavy (non-hydrogen) atoms. The zero-order chi connectivity index (χ0) is 5.98. The Morgan fingerprint density at radius 2 is 1.62 bits per heavy atom. The zero-order valence-electron chi connectivity index (χ0n) is 4.67. The predicted molar refractivity (Wildman–Crippen MR) is 29.5 cm³/mol. The van der Waals surface area contributed by atoms with Crippen LogP contribution < -0.4 is 5.32 Å². The van der Waals surface area contributed by atoms with Gasteiger partial charge in [-0.15, -0.1) is 0 Å². The molecule has 1 aliphatic heterocycles. The molecule has 1 fully saturated rings. The molecule has 0 spiro atoms. The lowest BCUT2D eigenvalue weighted by Gasteiger charge is -2.22. The molecule has 48 valence electrons. The monoisotopic (exact) mass is 117 g/mol. The summed E-state index contributed by atoms with van der Waals surface area (Å²) in [5, 5.41) is 20.6. The standard InChI is InChI=1S/C5H11NO2/c7-4-1-5(8)3-6-2-4/h4-8H,1-3H2/t4-,5-/m1/s1. The Bertz CT molecular complexity index is 68.8. The van der Waals surface area contributed by atoms with Crippen LogP contribution in [0.3, 0.4) is 0 Å². The van der Waals surface area contributed by atoms with Crippen LogP contribution in [-0.2, 0) is 0 Å². The minimum Gasteiger partial charge on any atom is -0.392 e. The van der Waals surface area contributed by atoms with Crippen LogP contribution in [-0.4, -0.2) is 35.5 Å². The lowest BCUT2D eigenvalue weighted by molar-refractivity contribution is 0.0529. The van der Waals surface area contributed by atoms with Gasteiger partial charge in [0.2, 0.25) is 0 Å². The number of hydrogen-bond donors (Lipinski definition) is 3. The summed E-state index contributed by atoms with van der Waals surface area (Å²) < 4.78 is 0. The van der Waals surface area contributed by atoms with Crippen LogP contribution >= 0.6 is 0 Å². The average molecular weight is 117 g/mol. The molecule has 3 heteroatoms. The molecule has 1 saturated heterocycles. The topological polar surface area (TPSA) is 52.5 Å². The number of nitrogens with one attached hydrogen (secondary N) is 1. The lowest BCUT2D eigenvalue weighted by atomic mass is 10.1. The fraction of sp³-hybridized carbons (Fsp3) is 1.00.